The number of anilines is 1. The molecular weight excluding hydrogens is 1110 g/mol. The summed E-state index contributed by atoms with van der Waals surface area (Å²) in [6, 6.07) is 35.4. The van der Waals surface area contributed by atoms with Crippen LogP contribution in [0.3, 0.4) is 0 Å². The zero-order valence-electron chi connectivity index (χ0n) is 47.8. The number of carbonyl (C=O) groups excluding carboxylic acids is 4. The maximum absolute atomic E-state index is 13.7. The second-order valence-electron chi connectivity index (χ2n) is 20.2. The molecule has 0 radical (unpaired) electrons. The zero-order valence-corrected chi connectivity index (χ0v) is 48.6. The Hall–Kier alpha value is -9.25. The summed E-state index contributed by atoms with van der Waals surface area (Å²) >= 11 is 0. The number of hydrogen-bond acceptors (Lipinski definition) is 16. The largest absolute Gasteiger partial charge is 0.493 e. The lowest BCUT2D eigenvalue weighted by atomic mass is 10.1. The van der Waals surface area contributed by atoms with Crippen molar-refractivity contribution in [1.82, 2.24) is 33.8 Å². The third-order valence-electron chi connectivity index (χ3n) is 15.1. The highest BCUT2D eigenvalue weighted by Gasteiger charge is 2.39. The van der Waals surface area contributed by atoms with Gasteiger partial charge < -0.3 is 33.1 Å². The molecule has 11 rings (SSSR count). The van der Waals surface area contributed by atoms with E-state index in [1.54, 1.807) is 98.2 Å². The van der Waals surface area contributed by atoms with Crippen LogP contribution in [0.5, 0.6) is 28.7 Å². The van der Waals surface area contributed by atoms with E-state index in [4.69, 9.17) is 38.4 Å². The Balaban J connectivity index is 0.000000190. The van der Waals surface area contributed by atoms with Crippen LogP contribution in [-0.4, -0.2) is 149 Å². The Bertz CT molecular complexity index is 4010. The number of aromatic nitrogens is 4. The van der Waals surface area contributed by atoms with Gasteiger partial charge in [-0.25, -0.2) is 14.2 Å². The average molecular weight is 1170 g/mol. The molecule has 4 amide bonds. The van der Waals surface area contributed by atoms with Crippen LogP contribution in [0.4, 0.5) is 5.69 Å². The van der Waals surface area contributed by atoms with Crippen LogP contribution in [-0.2, 0) is 54.5 Å². The van der Waals surface area contributed by atoms with Gasteiger partial charge in [0.15, 0.2) is 23.0 Å². The minimum atomic E-state index is -1.32. The van der Waals surface area contributed by atoms with Crippen LogP contribution in [0.2, 0.25) is 0 Å². The number of para-hydroxylation sites is 2. The minimum Gasteiger partial charge on any atom is -0.493 e. The summed E-state index contributed by atoms with van der Waals surface area (Å²) in [5.41, 5.74) is 4.29. The first-order chi connectivity index (χ1) is 41.3. The van der Waals surface area contributed by atoms with Crippen LogP contribution in [0.25, 0.3) is 21.8 Å². The highest BCUT2D eigenvalue weighted by molar-refractivity contribution is 7.85. The van der Waals surface area contributed by atoms with Crippen molar-refractivity contribution in [3.05, 3.63) is 187 Å². The molecule has 6 aromatic carbocycles. The number of nitrogens with one attached hydrogen (secondary N) is 1. The van der Waals surface area contributed by atoms with Crippen LogP contribution >= 0.6 is 0 Å². The van der Waals surface area contributed by atoms with Gasteiger partial charge in [-0.3, -0.25) is 52.6 Å². The number of morpholine rings is 1. The number of imide groups is 2. The molecule has 0 saturated carbocycles. The Morgan fingerprint density at radius 1 is 0.506 bits per heavy atom. The molecule has 3 aliphatic rings. The van der Waals surface area contributed by atoms with Gasteiger partial charge in [-0.15, -0.1) is 0 Å². The lowest BCUT2D eigenvalue weighted by Crippen LogP contribution is -2.38. The maximum Gasteiger partial charge on any atom is 0.265 e. The molecule has 85 heavy (non-hydrogen) atoms. The Morgan fingerprint density at radius 3 is 1.56 bits per heavy atom. The molecule has 0 spiro atoms. The second kappa shape index (κ2) is 26.5. The summed E-state index contributed by atoms with van der Waals surface area (Å²) in [5, 5.41) is 1.00. The van der Waals surface area contributed by atoms with E-state index in [1.807, 2.05) is 54.6 Å². The first-order valence-electron chi connectivity index (χ1n) is 27.7. The van der Waals surface area contributed by atoms with Crippen LogP contribution in [0, 0.1) is 0 Å². The molecule has 1 saturated heterocycles. The molecule has 440 valence electrons. The molecule has 0 bridgehead atoms. The van der Waals surface area contributed by atoms with E-state index in [1.165, 1.54) is 17.2 Å². The van der Waals surface area contributed by atoms with Gasteiger partial charge >= 0.3 is 0 Å². The van der Waals surface area contributed by atoms with Crippen LogP contribution in [0.15, 0.2) is 131 Å². The quantitative estimate of drug-likeness (QED) is 0.0723. The maximum atomic E-state index is 13.7. The molecule has 0 aliphatic carbocycles. The van der Waals surface area contributed by atoms with Crippen molar-refractivity contribution in [2.45, 2.75) is 38.8 Å². The lowest BCUT2D eigenvalue weighted by molar-refractivity contribution is 0.0322. The summed E-state index contributed by atoms with van der Waals surface area (Å²) in [6.45, 7) is 4.97. The molecule has 1 fully saturated rings. The third kappa shape index (κ3) is 12.8. The summed E-state index contributed by atoms with van der Waals surface area (Å²) in [7, 11) is 4.98. The molecule has 22 heteroatoms. The summed E-state index contributed by atoms with van der Waals surface area (Å²) < 4.78 is 50.4. The van der Waals surface area contributed by atoms with E-state index < -0.39 is 28.7 Å². The molecular formula is C63H64N8O13S. The van der Waals surface area contributed by atoms with Gasteiger partial charge in [0.05, 0.1) is 85.7 Å². The molecule has 1 N–H and O–H groups in total. The highest BCUT2D eigenvalue weighted by atomic mass is 32.2. The number of hydrogen-bond donors (Lipinski definition) is 1. The molecule has 2 aromatic heterocycles. The fourth-order valence-electron chi connectivity index (χ4n) is 10.7. The standard InChI is InChI=1S/C34H36N4O7.C29H28N4O6S/c1-42-27-11-10-23(22-29(27)43-2)12-14-37-30(35-26-8-4-3-6-24(26)32(37)39)13-15-38-33(40)25-7-5-9-28(31(25)34(38)41)45-21-18-36-16-19-44-20-17-36;1-38-24-11-8-18(16-25(24)39-2)12-14-32-26(30-23-7-5-4-6-21(23)28(32)35)13-15-33-27(34)20-10-9-19(31-40(3)37)17-22(20)29(33)36/h3-11,22H,12-21H2,1-2H3;4-11,16-17,31H,12-15H2,1-3H3. The van der Waals surface area contributed by atoms with Crippen molar-refractivity contribution in [3.63, 3.8) is 0 Å². The van der Waals surface area contributed by atoms with Gasteiger partial charge in [-0.2, -0.15) is 0 Å². The van der Waals surface area contributed by atoms with Crippen LogP contribution < -0.4 is 39.5 Å². The average Bonchev–Trinajstić information content (AvgIpc) is 2.68. The number of fused-ring (bicyclic) bond motifs is 4. The van der Waals surface area contributed by atoms with E-state index in [0.717, 1.165) is 29.1 Å². The van der Waals surface area contributed by atoms with E-state index in [0.29, 0.717) is 126 Å². The fourth-order valence-corrected chi connectivity index (χ4v) is 11.2. The predicted octanol–water partition coefficient (Wildman–Crippen LogP) is 6.41. The number of amides is 4. The van der Waals surface area contributed by atoms with Gasteiger partial charge in [-0.05, 0) is 103 Å². The second-order valence-corrected chi connectivity index (χ2v) is 21.3. The van der Waals surface area contributed by atoms with Gasteiger partial charge in [-0.1, -0.05) is 42.5 Å². The summed E-state index contributed by atoms with van der Waals surface area (Å²) in [5.74, 6) is 2.17. The Kier molecular flexibility index (Phi) is 18.4. The zero-order chi connectivity index (χ0) is 59.7. The lowest BCUT2D eigenvalue weighted by Gasteiger charge is -2.26. The van der Waals surface area contributed by atoms with Gasteiger partial charge in [0.25, 0.3) is 34.7 Å². The summed E-state index contributed by atoms with van der Waals surface area (Å²) in [6.07, 6.45) is 2.94. The third-order valence-corrected chi connectivity index (χ3v) is 15.6. The molecule has 21 nitrogen and oxygen atoms in total. The molecule has 5 heterocycles. The monoisotopic (exact) mass is 1170 g/mol. The number of rotatable bonds is 22. The number of carbonyl (C=O) groups is 4. The Labute approximate surface area is 492 Å². The fraction of sp³-hybridized carbons (Fsp3) is 0.302. The van der Waals surface area contributed by atoms with Crippen molar-refractivity contribution < 1.29 is 51.8 Å². The topological polar surface area (TPSA) is 232 Å². The minimum absolute atomic E-state index is 0.0515. The van der Waals surface area contributed by atoms with E-state index in [2.05, 4.69) is 9.62 Å². The molecule has 1 atom stereocenters. The van der Waals surface area contributed by atoms with E-state index >= 15 is 0 Å². The molecule has 3 aliphatic heterocycles. The van der Waals surface area contributed by atoms with Gasteiger partial charge in [0.1, 0.15) is 35.0 Å². The normalized spacial score (nSPS) is 14.3. The number of methoxy groups -OCH3 is 4. The van der Waals surface area contributed by atoms with E-state index in [9.17, 15) is 33.0 Å². The van der Waals surface area contributed by atoms with Crippen LogP contribution in [0.1, 0.15) is 64.2 Å². The van der Waals surface area contributed by atoms with Crippen molar-refractivity contribution in [2.24, 2.45) is 0 Å². The SMILES string of the molecule is COc1ccc(CCn2c(CCN3C(=O)c4ccc(NS(C)=O)cc4C3=O)nc3ccccc3c2=O)cc1OC.COc1ccc(CCn2c(CCN3C(=O)c4cccc(OCCN5CCOCC5)c4C3=O)nc3ccccc3c2=O)cc1OC. The molecule has 1 unspecified atom stereocenters. The molecule has 8 aromatic rings. The smallest absolute Gasteiger partial charge is 0.265 e. The number of nitrogens with zero attached hydrogens (tertiary/aromatic N) is 7. The van der Waals surface area contributed by atoms with Gasteiger partial charge in [0.2, 0.25) is 0 Å². The van der Waals surface area contributed by atoms with Gasteiger partial charge in [0, 0.05) is 70.6 Å². The van der Waals surface area contributed by atoms with Crippen molar-refractivity contribution in [3.8, 4) is 28.7 Å². The number of benzene rings is 6. The van der Waals surface area contributed by atoms with Crippen molar-refractivity contribution >= 4 is 62.1 Å². The van der Waals surface area contributed by atoms with Crippen molar-refractivity contribution in [2.75, 3.05) is 92.0 Å². The number of ether oxygens (including phenoxy) is 6. The summed E-state index contributed by atoms with van der Waals surface area (Å²) in [4.78, 5) is 94.6. The van der Waals surface area contributed by atoms with Crippen molar-refractivity contribution in [1.29, 1.82) is 0 Å². The Morgan fingerprint density at radius 2 is 1.02 bits per heavy atom. The highest BCUT2D eigenvalue weighted by Crippen LogP contribution is 2.33. The first kappa shape index (κ1) is 58.9. The predicted molar refractivity (Wildman–Crippen MR) is 320 cm³/mol. The first-order valence-corrected chi connectivity index (χ1v) is 29.3. The van der Waals surface area contributed by atoms with E-state index in [-0.39, 0.29) is 59.6 Å². The number of aryl methyl sites for hydroxylation is 2.